The van der Waals surface area contributed by atoms with Crippen LogP contribution in [0.2, 0.25) is 0 Å². The molecule has 4 heteroatoms. The molecule has 0 radical (unpaired) electrons. The maximum atomic E-state index is 11.6. The minimum atomic E-state index is -0.681. The zero-order valence-corrected chi connectivity index (χ0v) is 12.5. The summed E-state index contributed by atoms with van der Waals surface area (Å²) in [5.41, 5.74) is 3.83. The van der Waals surface area contributed by atoms with E-state index in [1.165, 1.54) is 22.0 Å². The van der Waals surface area contributed by atoms with Crippen LogP contribution in [0.3, 0.4) is 0 Å². The maximum absolute atomic E-state index is 11.6. The Bertz CT molecular complexity index is 749. The van der Waals surface area contributed by atoms with Gasteiger partial charge in [-0.15, -0.1) is 6.58 Å². The first-order chi connectivity index (χ1) is 10.7. The molecule has 2 N–H and O–H groups in total. The number of rotatable bonds is 3. The fraction of sp³-hybridized carbons (Fsp3) is 0.389. The molecule has 1 aromatic heterocycles. The number of piperidine rings is 1. The van der Waals surface area contributed by atoms with Crippen molar-refractivity contribution in [2.75, 3.05) is 13.1 Å². The van der Waals surface area contributed by atoms with Crippen LogP contribution in [-0.4, -0.2) is 40.1 Å². The summed E-state index contributed by atoms with van der Waals surface area (Å²) in [6.45, 7) is 5.21. The minimum absolute atomic E-state index is 0.293. The summed E-state index contributed by atoms with van der Waals surface area (Å²) >= 11 is 0. The second kappa shape index (κ2) is 4.99. The number of aromatic nitrogens is 1. The summed E-state index contributed by atoms with van der Waals surface area (Å²) in [7, 11) is 0. The van der Waals surface area contributed by atoms with Crippen molar-refractivity contribution in [1.29, 1.82) is 0 Å². The van der Waals surface area contributed by atoms with Crippen LogP contribution in [0.5, 0.6) is 0 Å². The Kier molecular flexibility index (Phi) is 3.08. The number of benzene rings is 1. The Morgan fingerprint density at radius 2 is 2.36 bits per heavy atom. The Morgan fingerprint density at radius 1 is 1.50 bits per heavy atom. The molecule has 0 bridgehead atoms. The summed E-state index contributed by atoms with van der Waals surface area (Å²) < 4.78 is 0. The van der Waals surface area contributed by atoms with Crippen molar-refractivity contribution in [3.05, 3.63) is 48.2 Å². The molecule has 1 fully saturated rings. The van der Waals surface area contributed by atoms with Crippen molar-refractivity contribution in [3.63, 3.8) is 0 Å². The summed E-state index contributed by atoms with van der Waals surface area (Å²) in [6.07, 6.45) is 5.72. The number of nitrogens with one attached hydrogen (secondary N) is 1. The Morgan fingerprint density at radius 3 is 3.14 bits per heavy atom. The van der Waals surface area contributed by atoms with Gasteiger partial charge in [-0.1, -0.05) is 18.2 Å². The van der Waals surface area contributed by atoms with Gasteiger partial charge in [-0.25, -0.2) is 0 Å². The molecule has 1 saturated heterocycles. The van der Waals surface area contributed by atoms with Gasteiger partial charge in [0.05, 0.1) is 5.92 Å². The van der Waals surface area contributed by atoms with Crippen LogP contribution in [0.4, 0.5) is 0 Å². The quantitative estimate of drug-likeness (QED) is 0.856. The molecule has 0 amide bonds. The average molecular weight is 296 g/mol. The van der Waals surface area contributed by atoms with Crippen LogP contribution in [0.25, 0.3) is 10.9 Å². The van der Waals surface area contributed by atoms with Crippen LogP contribution in [0, 0.1) is 5.92 Å². The van der Waals surface area contributed by atoms with Crippen molar-refractivity contribution in [3.8, 4) is 0 Å². The first-order valence-corrected chi connectivity index (χ1v) is 7.85. The molecule has 2 heterocycles. The normalized spacial score (nSPS) is 27.5. The van der Waals surface area contributed by atoms with E-state index in [2.05, 4.69) is 40.9 Å². The van der Waals surface area contributed by atoms with Gasteiger partial charge < -0.3 is 10.1 Å². The molecule has 0 unspecified atom stereocenters. The van der Waals surface area contributed by atoms with Gasteiger partial charge in [0, 0.05) is 42.1 Å². The van der Waals surface area contributed by atoms with Gasteiger partial charge in [0.1, 0.15) is 0 Å². The number of carbonyl (C=O) groups is 1. The van der Waals surface area contributed by atoms with Gasteiger partial charge in [0.15, 0.2) is 0 Å². The first kappa shape index (κ1) is 13.6. The number of likely N-dealkylation sites (tertiary alicyclic amines) is 1. The molecule has 2 aliphatic rings. The van der Waals surface area contributed by atoms with Crippen LogP contribution in [0.1, 0.15) is 23.5 Å². The number of nitrogens with zero attached hydrogens (tertiary/aromatic N) is 1. The lowest BCUT2D eigenvalue weighted by atomic mass is 9.72. The predicted octanol–water partition coefficient (Wildman–Crippen LogP) is 2.77. The van der Waals surface area contributed by atoms with E-state index < -0.39 is 5.97 Å². The van der Waals surface area contributed by atoms with Gasteiger partial charge in [0.2, 0.25) is 0 Å². The smallest absolute Gasteiger partial charge is 0.307 e. The molecule has 114 valence electrons. The van der Waals surface area contributed by atoms with Crippen molar-refractivity contribution in [2.45, 2.75) is 24.8 Å². The van der Waals surface area contributed by atoms with E-state index in [0.29, 0.717) is 18.5 Å². The van der Waals surface area contributed by atoms with Crippen molar-refractivity contribution in [2.24, 2.45) is 5.92 Å². The highest BCUT2D eigenvalue weighted by molar-refractivity contribution is 5.88. The van der Waals surface area contributed by atoms with Crippen LogP contribution in [0.15, 0.2) is 37.1 Å². The number of hydrogen-bond acceptors (Lipinski definition) is 2. The van der Waals surface area contributed by atoms with Crippen molar-refractivity contribution < 1.29 is 9.90 Å². The number of H-pyrrole nitrogens is 1. The Labute approximate surface area is 129 Å². The highest BCUT2D eigenvalue weighted by Crippen LogP contribution is 2.44. The number of aromatic amines is 1. The largest absolute Gasteiger partial charge is 0.481 e. The number of carboxylic acids is 1. The van der Waals surface area contributed by atoms with E-state index in [4.69, 9.17) is 0 Å². The third-order valence-electron chi connectivity index (χ3n) is 5.29. The Balaban J connectivity index is 1.82. The standard InChI is InChI=1S/C18H20N2O2/c1-2-6-20-10-12(18(21)22)7-14-13-4-3-5-15-17(13)11(9-19-15)8-16(14)20/h2-5,9,12,14,16,19H,1,6-8,10H2,(H,21,22)/t12-,14+,16+/m0/s1. The number of hydrogen-bond donors (Lipinski definition) is 2. The molecule has 22 heavy (non-hydrogen) atoms. The van der Waals surface area contributed by atoms with E-state index in [1.54, 1.807) is 0 Å². The molecule has 1 aliphatic heterocycles. The zero-order valence-electron chi connectivity index (χ0n) is 12.5. The van der Waals surface area contributed by atoms with Gasteiger partial charge in [0.25, 0.3) is 0 Å². The summed E-state index contributed by atoms with van der Waals surface area (Å²) in [5, 5.41) is 10.8. The first-order valence-electron chi connectivity index (χ1n) is 7.85. The summed E-state index contributed by atoms with van der Waals surface area (Å²) in [5.74, 6) is -0.682. The van der Waals surface area contributed by atoms with Gasteiger partial charge >= 0.3 is 5.97 Å². The van der Waals surface area contributed by atoms with E-state index in [9.17, 15) is 9.90 Å². The van der Waals surface area contributed by atoms with Crippen LogP contribution >= 0.6 is 0 Å². The minimum Gasteiger partial charge on any atom is -0.481 e. The lowest BCUT2D eigenvalue weighted by Gasteiger charge is -2.45. The monoisotopic (exact) mass is 296 g/mol. The molecular formula is C18H20N2O2. The summed E-state index contributed by atoms with van der Waals surface area (Å²) in [6, 6.07) is 6.72. The number of carboxylic acid groups (broad SMARTS) is 1. The van der Waals surface area contributed by atoms with Gasteiger partial charge in [-0.05, 0) is 30.0 Å². The van der Waals surface area contributed by atoms with E-state index in [-0.39, 0.29) is 5.92 Å². The van der Waals surface area contributed by atoms with Crippen LogP contribution < -0.4 is 0 Å². The van der Waals surface area contributed by atoms with Crippen molar-refractivity contribution in [1.82, 2.24) is 9.88 Å². The SMILES string of the molecule is C=CCN1C[C@@H](C(=O)O)C[C@@H]2c3cccc4[nH]cc(c34)C[C@H]21. The second-order valence-corrected chi connectivity index (χ2v) is 6.48. The van der Waals surface area contributed by atoms with Crippen molar-refractivity contribution >= 4 is 16.9 Å². The Hall–Kier alpha value is -2.07. The fourth-order valence-corrected chi connectivity index (χ4v) is 4.35. The molecule has 0 spiro atoms. The zero-order chi connectivity index (χ0) is 15.3. The number of aliphatic carboxylic acids is 1. The lowest BCUT2D eigenvalue weighted by Crippen LogP contribution is -2.51. The van der Waals surface area contributed by atoms with E-state index in [1.807, 2.05) is 6.08 Å². The summed E-state index contributed by atoms with van der Waals surface area (Å²) in [4.78, 5) is 17.2. The molecule has 0 saturated carbocycles. The second-order valence-electron chi connectivity index (χ2n) is 6.48. The highest BCUT2D eigenvalue weighted by atomic mass is 16.4. The van der Waals surface area contributed by atoms with E-state index >= 15 is 0 Å². The number of fused-ring (bicyclic) bond motifs is 2. The highest BCUT2D eigenvalue weighted by Gasteiger charge is 2.42. The topological polar surface area (TPSA) is 56.3 Å². The maximum Gasteiger partial charge on any atom is 0.307 e. The molecule has 3 atom stereocenters. The van der Waals surface area contributed by atoms with Gasteiger partial charge in [-0.2, -0.15) is 0 Å². The van der Waals surface area contributed by atoms with Gasteiger partial charge in [-0.3, -0.25) is 9.69 Å². The van der Waals surface area contributed by atoms with Crippen LogP contribution in [-0.2, 0) is 11.2 Å². The molecule has 1 aromatic carbocycles. The lowest BCUT2D eigenvalue weighted by molar-refractivity contribution is -0.144. The molecular weight excluding hydrogens is 276 g/mol. The molecule has 4 rings (SSSR count). The third-order valence-corrected chi connectivity index (χ3v) is 5.29. The fourth-order valence-electron chi connectivity index (χ4n) is 4.35. The third kappa shape index (κ3) is 1.91. The average Bonchev–Trinajstić information content (AvgIpc) is 2.93. The molecule has 4 nitrogen and oxygen atoms in total. The molecule has 1 aliphatic carbocycles. The predicted molar refractivity (Wildman–Crippen MR) is 86.0 cm³/mol. The molecule has 2 aromatic rings. The van der Waals surface area contributed by atoms with E-state index in [0.717, 1.165) is 19.4 Å².